The molecular weight excluding hydrogens is 293 g/mol. The number of nitrogens with two attached hydrogens (primary N) is 1. The summed E-state index contributed by atoms with van der Waals surface area (Å²) in [6.07, 6.45) is 0. The van der Waals surface area contributed by atoms with Gasteiger partial charge < -0.3 is 0 Å². The molecule has 0 spiro atoms. The van der Waals surface area contributed by atoms with E-state index in [1.807, 2.05) is 0 Å². The van der Waals surface area contributed by atoms with E-state index in [1.165, 1.54) is 7.05 Å². The van der Waals surface area contributed by atoms with E-state index >= 15 is 0 Å². The first-order chi connectivity index (χ1) is 9.21. The average Bonchev–Trinajstić information content (AvgIpc) is 2.70. The summed E-state index contributed by atoms with van der Waals surface area (Å²) in [5.74, 6) is -0.911. The van der Waals surface area contributed by atoms with Gasteiger partial charge in [-0.15, -0.1) is 10.2 Å². The number of nitro groups is 1. The molecular formula is C9H8FN5O4S. The molecule has 1 heterocycles. The van der Waals surface area contributed by atoms with Crippen LogP contribution in [0.3, 0.4) is 0 Å². The third-order valence-electron chi connectivity index (χ3n) is 2.49. The van der Waals surface area contributed by atoms with Crippen molar-refractivity contribution in [2.75, 3.05) is 0 Å². The first kappa shape index (κ1) is 14.0. The monoisotopic (exact) mass is 301 g/mol. The van der Waals surface area contributed by atoms with Crippen LogP contribution in [0.4, 0.5) is 10.1 Å². The quantitative estimate of drug-likeness (QED) is 0.634. The van der Waals surface area contributed by atoms with E-state index in [9.17, 15) is 22.9 Å². The Bertz CT molecular complexity index is 801. The minimum Gasteiger partial charge on any atom is -0.300 e. The zero-order valence-electron chi connectivity index (χ0n) is 10.0. The fourth-order valence-electron chi connectivity index (χ4n) is 1.64. The van der Waals surface area contributed by atoms with Gasteiger partial charge in [-0.3, -0.25) is 14.7 Å². The number of sulfonamides is 1. The highest BCUT2D eigenvalue weighted by atomic mass is 32.2. The molecule has 1 aromatic heterocycles. The van der Waals surface area contributed by atoms with E-state index in [4.69, 9.17) is 5.14 Å². The van der Waals surface area contributed by atoms with Crippen molar-refractivity contribution in [3.63, 3.8) is 0 Å². The highest BCUT2D eigenvalue weighted by molar-refractivity contribution is 7.89. The molecule has 0 saturated carbocycles. The van der Waals surface area contributed by atoms with Crippen molar-refractivity contribution < 1.29 is 17.7 Å². The molecule has 2 rings (SSSR count). The van der Waals surface area contributed by atoms with E-state index in [0.29, 0.717) is 0 Å². The summed E-state index contributed by atoms with van der Waals surface area (Å²) in [5.41, 5.74) is -0.622. The molecule has 20 heavy (non-hydrogen) atoms. The molecule has 106 valence electrons. The standard InChI is InChI=1S/C9H8FN5O4S/c1-14-8(12-13-9(14)20(11,18)19)6-4-5(10)2-3-7(6)15(16)17/h2-4H,1H3,(H2,11,18,19). The van der Waals surface area contributed by atoms with Gasteiger partial charge >= 0.3 is 0 Å². The zero-order chi connectivity index (χ0) is 15.1. The van der Waals surface area contributed by atoms with E-state index in [2.05, 4.69) is 10.2 Å². The van der Waals surface area contributed by atoms with Crippen molar-refractivity contribution >= 4 is 15.7 Å². The average molecular weight is 301 g/mol. The van der Waals surface area contributed by atoms with Crippen LogP contribution in [0.15, 0.2) is 23.4 Å². The van der Waals surface area contributed by atoms with Crippen LogP contribution in [0.1, 0.15) is 0 Å². The second-order valence-corrected chi connectivity index (χ2v) is 5.28. The summed E-state index contributed by atoms with van der Waals surface area (Å²) in [6.45, 7) is 0. The third-order valence-corrected chi connectivity index (χ3v) is 3.35. The predicted octanol–water partition coefficient (Wildman–Crippen LogP) is 0.177. The van der Waals surface area contributed by atoms with Crippen molar-refractivity contribution in [1.82, 2.24) is 14.8 Å². The van der Waals surface area contributed by atoms with Crippen LogP contribution in [-0.4, -0.2) is 28.1 Å². The molecule has 2 aromatic rings. The van der Waals surface area contributed by atoms with Gasteiger partial charge in [0, 0.05) is 13.1 Å². The number of nitrogens with zero attached hydrogens (tertiary/aromatic N) is 4. The van der Waals surface area contributed by atoms with Crippen molar-refractivity contribution in [2.45, 2.75) is 5.16 Å². The summed E-state index contributed by atoms with van der Waals surface area (Å²) in [7, 11) is -2.88. The van der Waals surface area contributed by atoms with Crippen LogP contribution >= 0.6 is 0 Å². The number of aromatic nitrogens is 3. The van der Waals surface area contributed by atoms with Crippen molar-refractivity contribution in [3.8, 4) is 11.4 Å². The van der Waals surface area contributed by atoms with Crippen LogP contribution in [0.25, 0.3) is 11.4 Å². The maximum atomic E-state index is 13.2. The SMILES string of the molecule is Cn1c(-c2cc(F)ccc2[N+](=O)[O-])nnc1S(N)(=O)=O. The Balaban J connectivity index is 2.73. The van der Waals surface area contributed by atoms with E-state index in [-0.39, 0.29) is 11.4 Å². The van der Waals surface area contributed by atoms with Gasteiger partial charge in [-0.2, -0.15) is 0 Å². The first-order valence-corrected chi connectivity index (χ1v) is 6.63. The smallest absolute Gasteiger partial charge is 0.280 e. The molecule has 2 N–H and O–H groups in total. The molecule has 0 aliphatic rings. The normalized spacial score (nSPS) is 11.6. The summed E-state index contributed by atoms with van der Waals surface area (Å²) < 4.78 is 36.6. The Morgan fingerprint density at radius 1 is 1.40 bits per heavy atom. The molecule has 11 heteroatoms. The summed E-state index contributed by atoms with van der Waals surface area (Å²) >= 11 is 0. The number of nitro benzene ring substituents is 1. The Morgan fingerprint density at radius 2 is 2.05 bits per heavy atom. The number of primary sulfonamides is 1. The highest BCUT2D eigenvalue weighted by Crippen LogP contribution is 2.29. The second-order valence-electron chi connectivity index (χ2n) is 3.83. The molecule has 1 aromatic carbocycles. The maximum Gasteiger partial charge on any atom is 0.280 e. The molecule has 0 atom stereocenters. The number of hydrogen-bond donors (Lipinski definition) is 1. The minimum absolute atomic E-state index is 0.180. The van der Waals surface area contributed by atoms with Crippen molar-refractivity contribution in [1.29, 1.82) is 0 Å². The lowest BCUT2D eigenvalue weighted by Crippen LogP contribution is -2.17. The van der Waals surface area contributed by atoms with E-state index in [0.717, 1.165) is 22.8 Å². The molecule has 9 nitrogen and oxygen atoms in total. The summed E-state index contributed by atoms with van der Waals surface area (Å²) in [5, 5.41) is 22.1. The summed E-state index contributed by atoms with van der Waals surface area (Å²) in [6, 6.07) is 2.74. The van der Waals surface area contributed by atoms with Gasteiger partial charge in [-0.1, -0.05) is 0 Å². The van der Waals surface area contributed by atoms with Crippen LogP contribution in [-0.2, 0) is 17.1 Å². The number of rotatable bonds is 3. The molecule has 0 aliphatic heterocycles. The Hall–Kier alpha value is -2.40. The van der Waals surface area contributed by atoms with Crippen LogP contribution in [0.5, 0.6) is 0 Å². The van der Waals surface area contributed by atoms with Gasteiger partial charge in [0.2, 0.25) is 0 Å². The predicted molar refractivity (Wildman–Crippen MR) is 64.4 cm³/mol. The maximum absolute atomic E-state index is 13.2. The molecule has 0 amide bonds. The fourth-order valence-corrected chi connectivity index (χ4v) is 2.27. The molecule has 0 unspecified atom stereocenters. The molecule has 0 saturated heterocycles. The molecule has 0 aliphatic carbocycles. The van der Waals surface area contributed by atoms with Crippen LogP contribution < -0.4 is 5.14 Å². The van der Waals surface area contributed by atoms with E-state index in [1.54, 1.807) is 0 Å². The second kappa shape index (κ2) is 4.61. The Kier molecular flexibility index (Phi) is 3.23. The van der Waals surface area contributed by atoms with E-state index < -0.39 is 31.6 Å². The van der Waals surface area contributed by atoms with Gasteiger partial charge in [0.25, 0.3) is 20.9 Å². The van der Waals surface area contributed by atoms with Crippen molar-refractivity contribution in [3.05, 3.63) is 34.1 Å². The van der Waals surface area contributed by atoms with Gasteiger partial charge in [0.05, 0.1) is 10.5 Å². The number of benzene rings is 1. The fraction of sp³-hybridized carbons (Fsp3) is 0.111. The zero-order valence-corrected chi connectivity index (χ0v) is 10.8. The number of halogens is 1. The lowest BCUT2D eigenvalue weighted by molar-refractivity contribution is -0.384. The molecule has 0 fully saturated rings. The first-order valence-electron chi connectivity index (χ1n) is 5.08. The lowest BCUT2D eigenvalue weighted by Gasteiger charge is -2.03. The summed E-state index contributed by atoms with van der Waals surface area (Å²) in [4.78, 5) is 10.2. The highest BCUT2D eigenvalue weighted by Gasteiger charge is 2.25. The lowest BCUT2D eigenvalue weighted by atomic mass is 10.1. The van der Waals surface area contributed by atoms with Crippen molar-refractivity contribution in [2.24, 2.45) is 12.2 Å². The van der Waals surface area contributed by atoms with Gasteiger partial charge in [-0.05, 0) is 12.1 Å². The Labute approximate surface area is 112 Å². The largest absolute Gasteiger partial charge is 0.300 e. The van der Waals surface area contributed by atoms with Gasteiger partial charge in [-0.25, -0.2) is 17.9 Å². The van der Waals surface area contributed by atoms with Crippen LogP contribution in [0, 0.1) is 15.9 Å². The molecule has 0 bridgehead atoms. The van der Waals surface area contributed by atoms with Gasteiger partial charge in [0.15, 0.2) is 5.82 Å². The Morgan fingerprint density at radius 3 is 2.55 bits per heavy atom. The minimum atomic E-state index is -4.14. The third kappa shape index (κ3) is 2.35. The number of hydrogen-bond acceptors (Lipinski definition) is 6. The van der Waals surface area contributed by atoms with Gasteiger partial charge in [0.1, 0.15) is 5.82 Å². The molecule has 0 radical (unpaired) electrons. The topological polar surface area (TPSA) is 134 Å². The van der Waals surface area contributed by atoms with Crippen LogP contribution in [0.2, 0.25) is 0 Å².